The number of halogens is 1. The van der Waals surface area contributed by atoms with Gasteiger partial charge < -0.3 is 5.32 Å². The highest BCUT2D eigenvalue weighted by Gasteiger charge is 2.22. The largest absolute Gasteiger partial charge is 0.352 e. The highest BCUT2D eigenvalue weighted by molar-refractivity contribution is 9.10. The first-order valence-corrected chi connectivity index (χ1v) is 10.00. The number of hydrogen-bond acceptors (Lipinski definition) is 4. The third kappa shape index (κ3) is 4.60. The molecule has 5 nitrogen and oxygen atoms in total. The van der Waals surface area contributed by atoms with Crippen molar-refractivity contribution in [2.24, 2.45) is 5.92 Å². The van der Waals surface area contributed by atoms with Crippen LogP contribution in [-0.4, -0.2) is 32.9 Å². The normalized spacial score (nSPS) is 20.8. The fourth-order valence-electron chi connectivity index (χ4n) is 2.96. The van der Waals surface area contributed by atoms with Gasteiger partial charge in [-0.1, -0.05) is 59.6 Å². The predicted octanol–water partition coefficient (Wildman–Crippen LogP) is 4.02. The molecule has 0 spiro atoms. The van der Waals surface area contributed by atoms with Crippen LogP contribution in [0.25, 0.3) is 11.4 Å². The van der Waals surface area contributed by atoms with Gasteiger partial charge >= 0.3 is 0 Å². The molecule has 1 amide bonds. The number of aromatic amines is 1. The minimum atomic E-state index is 0.0636. The van der Waals surface area contributed by atoms with E-state index in [-0.39, 0.29) is 5.91 Å². The van der Waals surface area contributed by atoms with Gasteiger partial charge in [0.15, 0.2) is 5.82 Å². The van der Waals surface area contributed by atoms with Crippen molar-refractivity contribution in [2.75, 3.05) is 5.75 Å². The molecule has 3 rings (SSSR count). The van der Waals surface area contributed by atoms with E-state index in [4.69, 9.17) is 0 Å². The van der Waals surface area contributed by atoms with E-state index in [9.17, 15) is 4.79 Å². The molecular formula is C17H21BrN4OS. The van der Waals surface area contributed by atoms with Crippen LogP contribution in [-0.2, 0) is 4.79 Å². The Bertz CT molecular complexity index is 688. The second kappa shape index (κ2) is 8.16. The Morgan fingerprint density at radius 1 is 1.33 bits per heavy atom. The summed E-state index contributed by atoms with van der Waals surface area (Å²) in [4.78, 5) is 16.6. The zero-order valence-electron chi connectivity index (χ0n) is 13.6. The molecule has 1 saturated carbocycles. The van der Waals surface area contributed by atoms with E-state index in [0.717, 1.165) is 16.5 Å². The van der Waals surface area contributed by atoms with Crippen molar-refractivity contribution in [2.45, 2.75) is 43.8 Å². The molecule has 0 radical (unpaired) electrons. The Hall–Kier alpha value is -1.34. The lowest BCUT2D eigenvalue weighted by molar-refractivity contribution is -0.119. The predicted molar refractivity (Wildman–Crippen MR) is 99.8 cm³/mol. The molecule has 1 aliphatic rings. The molecule has 2 N–H and O–H groups in total. The van der Waals surface area contributed by atoms with Gasteiger partial charge in [-0.3, -0.25) is 9.89 Å². The van der Waals surface area contributed by atoms with Crippen LogP contribution in [0.15, 0.2) is 33.9 Å². The van der Waals surface area contributed by atoms with E-state index >= 15 is 0 Å². The van der Waals surface area contributed by atoms with Crippen LogP contribution >= 0.6 is 27.7 Å². The number of aromatic nitrogens is 3. The molecule has 2 atom stereocenters. The number of carbonyl (C=O) groups is 1. The van der Waals surface area contributed by atoms with E-state index in [2.05, 4.69) is 43.4 Å². The molecule has 1 aromatic carbocycles. The maximum atomic E-state index is 12.1. The van der Waals surface area contributed by atoms with E-state index in [0.29, 0.717) is 28.7 Å². The van der Waals surface area contributed by atoms with Crippen molar-refractivity contribution in [1.29, 1.82) is 0 Å². The second-order valence-corrected chi connectivity index (χ2v) is 8.06. The van der Waals surface area contributed by atoms with Crippen molar-refractivity contribution in [3.05, 3.63) is 28.7 Å². The summed E-state index contributed by atoms with van der Waals surface area (Å²) in [5.41, 5.74) is 0.970. The number of carbonyl (C=O) groups excluding carboxylic acids is 1. The topological polar surface area (TPSA) is 70.7 Å². The lowest BCUT2D eigenvalue weighted by Gasteiger charge is -2.29. The minimum absolute atomic E-state index is 0.0636. The molecule has 0 aliphatic heterocycles. The third-order valence-corrected chi connectivity index (χ3v) is 5.75. The molecule has 0 unspecified atom stereocenters. The van der Waals surface area contributed by atoms with Crippen molar-refractivity contribution < 1.29 is 4.79 Å². The van der Waals surface area contributed by atoms with Crippen molar-refractivity contribution in [1.82, 2.24) is 20.5 Å². The average Bonchev–Trinajstić information content (AvgIpc) is 3.05. The van der Waals surface area contributed by atoms with E-state index in [1.807, 2.05) is 24.3 Å². The summed E-state index contributed by atoms with van der Waals surface area (Å²) < 4.78 is 1.02. The lowest BCUT2D eigenvalue weighted by Crippen LogP contribution is -2.41. The van der Waals surface area contributed by atoms with Crippen LogP contribution < -0.4 is 5.32 Å². The van der Waals surface area contributed by atoms with Gasteiger partial charge in [-0.05, 0) is 30.9 Å². The molecular weight excluding hydrogens is 388 g/mol. The van der Waals surface area contributed by atoms with Crippen LogP contribution in [0.5, 0.6) is 0 Å². The summed E-state index contributed by atoms with van der Waals surface area (Å²) in [7, 11) is 0. The van der Waals surface area contributed by atoms with Crippen LogP contribution in [0.2, 0.25) is 0 Å². The van der Waals surface area contributed by atoms with E-state index in [1.54, 1.807) is 0 Å². The van der Waals surface area contributed by atoms with Gasteiger partial charge in [-0.15, -0.1) is 5.10 Å². The molecule has 128 valence electrons. The number of nitrogens with zero attached hydrogens (tertiary/aromatic N) is 2. The average molecular weight is 409 g/mol. The minimum Gasteiger partial charge on any atom is -0.352 e. The van der Waals surface area contributed by atoms with Crippen molar-refractivity contribution in [3.63, 3.8) is 0 Å². The van der Waals surface area contributed by atoms with Gasteiger partial charge in [0, 0.05) is 16.1 Å². The summed E-state index contributed by atoms with van der Waals surface area (Å²) in [6.45, 7) is 2.22. The first kappa shape index (κ1) is 17.5. The molecule has 7 heteroatoms. The van der Waals surface area contributed by atoms with Gasteiger partial charge in [0.1, 0.15) is 0 Å². The zero-order valence-corrected chi connectivity index (χ0v) is 16.0. The Kier molecular flexibility index (Phi) is 5.94. The molecule has 1 fully saturated rings. The van der Waals surface area contributed by atoms with E-state index in [1.165, 1.54) is 31.0 Å². The standard InChI is InChI=1S/C17H21BrN4OS/c1-11-4-2-3-5-14(11)19-15(23)10-24-17-20-16(21-22-17)12-6-8-13(18)9-7-12/h6-9,11,14H,2-5,10H2,1H3,(H,19,23)(H,20,21,22)/t11-,14+/m1/s1. The maximum Gasteiger partial charge on any atom is 0.230 e. The first-order valence-electron chi connectivity index (χ1n) is 8.22. The summed E-state index contributed by atoms with van der Waals surface area (Å²) in [5.74, 6) is 1.70. The number of benzene rings is 1. The van der Waals surface area contributed by atoms with Crippen LogP contribution in [0, 0.1) is 5.92 Å². The van der Waals surface area contributed by atoms with Crippen LogP contribution in [0.1, 0.15) is 32.6 Å². The Morgan fingerprint density at radius 3 is 2.83 bits per heavy atom. The van der Waals surface area contributed by atoms with Gasteiger partial charge in [-0.2, -0.15) is 0 Å². The van der Waals surface area contributed by atoms with Gasteiger partial charge in [0.25, 0.3) is 0 Å². The van der Waals surface area contributed by atoms with Gasteiger partial charge in [-0.25, -0.2) is 4.98 Å². The van der Waals surface area contributed by atoms with Crippen molar-refractivity contribution >= 4 is 33.6 Å². The number of thioether (sulfide) groups is 1. The highest BCUT2D eigenvalue weighted by atomic mass is 79.9. The second-order valence-electron chi connectivity index (χ2n) is 6.20. The quantitative estimate of drug-likeness (QED) is 0.732. The molecule has 1 aliphatic carbocycles. The number of amides is 1. The number of hydrogen-bond donors (Lipinski definition) is 2. The third-order valence-electron chi connectivity index (χ3n) is 4.37. The Labute approximate surface area is 154 Å². The zero-order chi connectivity index (χ0) is 16.9. The van der Waals surface area contributed by atoms with E-state index < -0.39 is 0 Å². The number of H-pyrrole nitrogens is 1. The molecule has 0 bridgehead atoms. The molecule has 1 aromatic heterocycles. The fourth-order valence-corrected chi connectivity index (χ4v) is 3.83. The molecule has 2 aromatic rings. The maximum absolute atomic E-state index is 12.1. The molecule has 0 saturated heterocycles. The molecule has 24 heavy (non-hydrogen) atoms. The number of nitrogens with one attached hydrogen (secondary N) is 2. The summed E-state index contributed by atoms with van der Waals surface area (Å²) in [6.07, 6.45) is 4.78. The molecule has 1 heterocycles. The summed E-state index contributed by atoms with van der Waals surface area (Å²) in [5, 5.41) is 10.9. The SMILES string of the molecule is C[C@@H]1CCCC[C@@H]1NC(=O)CSc1n[nH]c(-c2ccc(Br)cc2)n1. The monoisotopic (exact) mass is 408 g/mol. The Morgan fingerprint density at radius 2 is 2.08 bits per heavy atom. The van der Waals surface area contributed by atoms with Crippen molar-refractivity contribution in [3.8, 4) is 11.4 Å². The fraction of sp³-hybridized carbons (Fsp3) is 0.471. The summed E-state index contributed by atoms with van der Waals surface area (Å²) in [6, 6.07) is 8.18. The van der Waals surface area contributed by atoms with Crippen LogP contribution in [0.4, 0.5) is 0 Å². The highest BCUT2D eigenvalue weighted by Crippen LogP contribution is 2.24. The smallest absolute Gasteiger partial charge is 0.230 e. The summed E-state index contributed by atoms with van der Waals surface area (Å²) >= 11 is 4.78. The lowest BCUT2D eigenvalue weighted by atomic mass is 9.86. The van der Waals surface area contributed by atoms with Gasteiger partial charge in [0.05, 0.1) is 5.75 Å². The Balaban J connectivity index is 1.51. The van der Waals surface area contributed by atoms with Gasteiger partial charge in [0.2, 0.25) is 11.1 Å². The van der Waals surface area contributed by atoms with Crippen LogP contribution in [0.3, 0.4) is 0 Å². The first-order chi connectivity index (χ1) is 11.6. The number of rotatable bonds is 5.